The van der Waals surface area contributed by atoms with Crippen molar-refractivity contribution < 1.29 is 5.11 Å². The van der Waals surface area contributed by atoms with E-state index in [1.807, 2.05) is 30.3 Å². The quantitative estimate of drug-likeness (QED) is 0.701. The molecule has 1 aliphatic rings. The average Bonchev–Trinajstić information content (AvgIpc) is 3.16. The van der Waals surface area contributed by atoms with E-state index in [1.165, 1.54) is 11.1 Å². The van der Waals surface area contributed by atoms with Crippen LogP contribution in [0.1, 0.15) is 11.1 Å². The third kappa shape index (κ3) is 3.74. The van der Waals surface area contributed by atoms with Crippen LogP contribution in [0.25, 0.3) is 5.69 Å². The summed E-state index contributed by atoms with van der Waals surface area (Å²) >= 11 is 0. The summed E-state index contributed by atoms with van der Waals surface area (Å²) in [7, 11) is 0. The minimum atomic E-state index is -0.499. The number of aromatic nitrogens is 4. The summed E-state index contributed by atoms with van der Waals surface area (Å²) in [4.78, 5) is 2.29. The molecule has 1 atom stereocenters. The van der Waals surface area contributed by atoms with Gasteiger partial charge in [-0.05, 0) is 40.1 Å². The SMILES string of the molecule is OC(CNc1nnnn1-c1ccccc1)CN1CCc2ccccc2C1. The molecule has 0 bridgehead atoms. The number of anilines is 1. The van der Waals surface area contributed by atoms with Gasteiger partial charge in [0, 0.05) is 26.2 Å². The van der Waals surface area contributed by atoms with Crippen LogP contribution >= 0.6 is 0 Å². The topological polar surface area (TPSA) is 79.1 Å². The molecule has 0 radical (unpaired) electrons. The van der Waals surface area contributed by atoms with Crippen molar-refractivity contribution in [2.75, 3.05) is 25.0 Å². The Kier molecular flexibility index (Phi) is 4.90. The van der Waals surface area contributed by atoms with Gasteiger partial charge in [0.2, 0.25) is 5.95 Å². The molecule has 3 aromatic rings. The number of β-amino-alcohol motifs (C(OH)–C–C–N with tert-alkyl or cyclic N) is 1. The number of rotatable bonds is 6. The third-order valence-corrected chi connectivity index (χ3v) is 4.64. The molecule has 4 rings (SSSR count). The molecule has 0 fully saturated rings. The van der Waals surface area contributed by atoms with Gasteiger partial charge >= 0.3 is 0 Å². The molecular weight excluding hydrogens is 328 g/mol. The number of aliphatic hydroxyl groups is 1. The number of hydrogen-bond donors (Lipinski definition) is 2. The molecule has 26 heavy (non-hydrogen) atoms. The number of tetrazole rings is 1. The van der Waals surface area contributed by atoms with E-state index in [2.05, 4.69) is 50.0 Å². The van der Waals surface area contributed by atoms with E-state index in [9.17, 15) is 5.11 Å². The first-order valence-corrected chi connectivity index (χ1v) is 8.84. The fraction of sp³-hybridized carbons (Fsp3) is 0.316. The van der Waals surface area contributed by atoms with Gasteiger partial charge in [0.1, 0.15) is 0 Å². The van der Waals surface area contributed by atoms with Crippen LogP contribution in [-0.2, 0) is 13.0 Å². The zero-order valence-corrected chi connectivity index (χ0v) is 14.5. The number of aliphatic hydroxyl groups excluding tert-OH is 1. The first kappa shape index (κ1) is 16.7. The van der Waals surface area contributed by atoms with Gasteiger partial charge in [-0.3, -0.25) is 4.90 Å². The van der Waals surface area contributed by atoms with Gasteiger partial charge in [0.15, 0.2) is 0 Å². The molecule has 2 heterocycles. The van der Waals surface area contributed by atoms with Gasteiger partial charge in [0.25, 0.3) is 0 Å². The van der Waals surface area contributed by atoms with Crippen LogP contribution in [0.2, 0.25) is 0 Å². The van der Waals surface area contributed by atoms with Crippen LogP contribution in [0.4, 0.5) is 5.95 Å². The lowest BCUT2D eigenvalue weighted by Crippen LogP contribution is -2.39. The molecule has 1 aromatic heterocycles. The zero-order valence-electron chi connectivity index (χ0n) is 14.5. The second-order valence-electron chi connectivity index (χ2n) is 6.54. The lowest BCUT2D eigenvalue weighted by Gasteiger charge is -2.30. The summed E-state index contributed by atoms with van der Waals surface area (Å²) in [5.74, 6) is 0.527. The van der Waals surface area contributed by atoms with Crippen LogP contribution < -0.4 is 5.32 Å². The molecule has 0 spiro atoms. The first-order valence-electron chi connectivity index (χ1n) is 8.84. The maximum atomic E-state index is 10.4. The summed E-state index contributed by atoms with van der Waals surface area (Å²) in [5, 5.41) is 25.3. The minimum Gasteiger partial charge on any atom is -0.390 e. The summed E-state index contributed by atoms with van der Waals surface area (Å²) < 4.78 is 1.63. The molecule has 2 aromatic carbocycles. The van der Waals surface area contributed by atoms with Crippen molar-refractivity contribution in [3.63, 3.8) is 0 Å². The highest BCUT2D eigenvalue weighted by Gasteiger charge is 2.19. The van der Waals surface area contributed by atoms with Crippen LogP contribution in [-0.4, -0.2) is 56.0 Å². The van der Waals surface area contributed by atoms with Gasteiger partial charge in [-0.25, -0.2) is 0 Å². The number of para-hydroxylation sites is 1. The predicted octanol–water partition coefficient (Wildman–Crippen LogP) is 1.49. The second-order valence-corrected chi connectivity index (χ2v) is 6.54. The standard InChI is InChI=1S/C19H22N6O/c26-18(14-24-11-10-15-6-4-5-7-16(15)13-24)12-20-19-21-22-23-25(19)17-8-2-1-3-9-17/h1-9,18,26H,10-14H2,(H,20,21,23). The Morgan fingerprint density at radius 1 is 1.04 bits per heavy atom. The predicted molar refractivity (Wildman–Crippen MR) is 99.1 cm³/mol. The molecule has 0 aliphatic carbocycles. The van der Waals surface area contributed by atoms with Crippen molar-refractivity contribution in [2.24, 2.45) is 0 Å². The Balaban J connectivity index is 1.33. The van der Waals surface area contributed by atoms with Crippen LogP contribution in [0.3, 0.4) is 0 Å². The highest BCUT2D eigenvalue weighted by atomic mass is 16.3. The van der Waals surface area contributed by atoms with E-state index >= 15 is 0 Å². The highest BCUT2D eigenvalue weighted by molar-refractivity contribution is 5.38. The number of nitrogens with zero attached hydrogens (tertiary/aromatic N) is 5. The highest BCUT2D eigenvalue weighted by Crippen LogP contribution is 2.18. The molecule has 134 valence electrons. The Morgan fingerprint density at radius 2 is 1.81 bits per heavy atom. The number of benzene rings is 2. The Bertz CT molecular complexity index is 850. The van der Waals surface area contributed by atoms with Gasteiger partial charge in [-0.1, -0.05) is 47.6 Å². The van der Waals surface area contributed by atoms with Crippen LogP contribution in [0.5, 0.6) is 0 Å². The maximum Gasteiger partial charge on any atom is 0.247 e. The summed E-state index contributed by atoms with van der Waals surface area (Å²) in [6.07, 6.45) is 0.531. The Hall–Kier alpha value is -2.77. The maximum absolute atomic E-state index is 10.4. The molecule has 0 amide bonds. The summed E-state index contributed by atoms with van der Waals surface area (Å²) in [6.45, 7) is 2.87. The van der Waals surface area contributed by atoms with Gasteiger partial charge in [-0.2, -0.15) is 4.68 Å². The van der Waals surface area contributed by atoms with E-state index in [4.69, 9.17) is 0 Å². The van der Waals surface area contributed by atoms with E-state index < -0.39 is 6.10 Å². The van der Waals surface area contributed by atoms with Gasteiger partial charge in [-0.15, -0.1) is 0 Å². The Labute approximate surface area is 152 Å². The van der Waals surface area contributed by atoms with E-state index in [-0.39, 0.29) is 0 Å². The average molecular weight is 350 g/mol. The monoisotopic (exact) mass is 350 g/mol. The largest absolute Gasteiger partial charge is 0.390 e. The summed E-state index contributed by atoms with van der Waals surface area (Å²) in [6, 6.07) is 18.2. The van der Waals surface area contributed by atoms with Gasteiger partial charge < -0.3 is 10.4 Å². The fourth-order valence-electron chi connectivity index (χ4n) is 3.32. The summed E-state index contributed by atoms with van der Waals surface area (Å²) in [5.41, 5.74) is 3.65. The number of nitrogens with one attached hydrogen (secondary N) is 1. The molecule has 2 N–H and O–H groups in total. The van der Waals surface area contributed by atoms with Crippen molar-refractivity contribution in [1.82, 2.24) is 25.1 Å². The molecule has 1 unspecified atom stereocenters. The van der Waals surface area contributed by atoms with Gasteiger partial charge in [0.05, 0.1) is 11.8 Å². The number of fused-ring (bicyclic) bond motifs is 1. The Morgan fingerprint density at radius 3 is 2.65 bits per heavy atom. The van der Waals surface area contributed by atoms with Crippen LogP contribution in [0.15, 0.2) is 54.6 Å². The lowest BCUT2D eigenvalue weighted by atomic mass is 10.00. The third-order valence-electron chi connectivity index (χ3n) is 4.64. The molecule has 0 saturated heterocycles. The van der Waals surface area contributed by atoms with E-state index in [1.54, 1.807) is 4.68 Å². The fourth-order valence-corrected chi connectivity index (χ4v) is 3.32. The molecule has 1 aliphatic heterocycles. The van der Waals surface area contributed by atoms with Crippen molar-refractivity contribution in [2.45, 2.75) is 19.1 Å². The van der Waals surface area contributed by atoms with Crippen molar-refractivity contribution in [3.05, 3.63) is 65.7 Å². The van der Waals surface area contributed by atoms with Crippen molar-refractivity contribution in [1.29, 1.82) is 0 Å². The molecule has 0 saturated carbocycles. The second kappa shape index (κ2) is 7.63. The molecular formula is C19H22N6O. The van der Waals surface area contributed by atoms with E-state index in [0.717, 1.165) is 25.2 Å². The van der Waals surface area contributed by atoms with Crippen molar-refractivity contribution >= 4 is 5.95 Å². The minimum absolute atomic E-state index is 0.394. The lowest BCUT2D eigenvalue weighted by molar-refractivity contribution is 0.114. The number of hydrogen-bond acceptors (Lipinski definition) is 6. The normalized spacial score (nSPS) is 15.4. The molecule has 7 heteroatoms. The van der Waals surface area contributed by atoms with Crippen molar-refractivity contribution in [3.8, 4) is 5.69 Å². The molecule has 7 nitrogen and oxygen atoms in total. The smallest absolute Gasteiger partial charge is 0.247 e. The zero-order chi connectivity index (χ0) is 17.8. The van der Waals surface area contributed by atoms with E-state index in [0.29, 0.717) is 19.0 Å². The van der Waals surface area contributed by atoms with Crippen LogP contribution in [0, 0.1) is 0 Å². The first-order chi connectivity index (χ1) is 12.8.